The van der Waals surface area contributed by atoms with Crippen molar-refractivity contribution < 1.29 is 83.4 Å². The number of amides is 10. The number of aliphatic hydroxyl groups is 3. The second kappa shape index (κ2) is 34.6. The maximum absolute atomic E-state index is 14.5. The van der Waals surface area contributed by atoms with Crippen molar-refractivity contribution in [3.8, 4) is 11.5 Å². The number of hydrogen-bond acceptors (Lipinski definition) is 18. The minimum Gasteiger partial charge on any atom is -0.508 e. The quantitative estimate of drug-likeness (QED) is 0.0196. The van der Waals surface area contributed by atoms with Crippen molar-refractivity contribution in [3.05, 3.63) is 114 Å². The molecule has 31 heteroatoms. The number of carbonyl (C=O) groups is 11. The van der Waals surface area contributed by atoms with Gasteiger partial charge in [0.15, 0.2) is 0 Å². The van der Waals surface area contributed by atoms with Gasteiger partial charge in [-0.2, -0.15) is 0 Å². The minimum atomic E-state index is -1.72. The SMILES string of the molecule is CC(C)C[C@H](NC(=O)[C@@H]1CCCN1C(=O)[C@H](CO)NC(=O)[C@H](Cc1ccc(O)cc1)NC(=O)[C@@H](NC(=O)[C@H](Cc1c[nH]c2ccccc12)NC(=O)[C@@H](N)CO)C(C)C)C(=O)N[C@@H](Cc1cnc[nH]1)C(=O)N[C@@H](Cc1ccc(O)cc1)C(=O)N[C@@H](CO)C(=O)N[C@@H](C)C(=O)O. The molecule has 5 aromatic rings. The number of H-pyrrole nitrogens is 2. The van der Waals surface area contributed by atoms with Crippen LogP contribution in [0.5, 0.6) is 11.5 Å². The Morgan fingerprint density at radius 1 is 0.564 bits per heavy atom. The average Bonchev–Trinajstić information content (AvgIpc) is 1.62. The summed E-state index contributed by atoms with van der Waals surface area (Å²) >= 11 is 0. The van der Waals surface area contributed by atoms with E-state index in [4.69, 9.17) is 5.73 Å². The molecule has 0 radical (unpaired) electrons. The van der Waals surface area contributed by atoms with Gasteiger partial charge in [-0.25, -0.2) is 4.98 Å². The highest BCUT2D eigenvalue weighted by Gasteiger charge is 2.41. The number of benzene rings is 3. The van der Waals surface area contributed by atoms with Crippen molar-refractivity contribution in [2.24, 2.45) is 17.6 Å². The monoisotopic (exact) mass is 1310 g/mol. The number of aromatic nitrogens is 3. The van der Waals surface area contributed by atoms with E-state index in [1.807, 2.05) is 18.2 Å². The summed E-state index contributed by atoms with van der Waals surface area (Å²) in [4.78, 5) is 164. The van der Waals surface area contributed by atoms with Crippen molar-refractivity contribution in [1.82, 2.24) is 67.7 Å². The van der Waals surface area contributed by atoms with Gasteiger partial charge in [0.2, 0.25) is 59.1 Å². The number of aliphatic carboxylic acids is 1. The highest BCUT2D eigenvalue weighted by atomic mass is 16.4. The van der Waals surface area contributed by atoms with E-state index >= 15 is 0 Å². The molecule has 19 N–H and O–H groups in total. The van der Waals surface area contributed by atoms with Crippen LogP contribution in [0, 0.1) is 11.8 Å². The molecule has 2 aromatic heterocycles. The van der Waals surface area contributed by atoms with Crippen LogP contribution in [-0.2, 0) is 78.4 Å². The third-order valence-electron chi connectivity index (χ3n) is 15.7. The Hall–Kier alpha value is -9.98. The first kappa shape index (κ1) is 73.1. The molecular formula is C63H84N14O17. The zero-order valence-electron chi connectivity index (χ0n) is 52.6. The van der Waals surface area contributed by atoms with Crippen molar-refractivity contribution in [2.75, 3.05) is 26.4 Å². The number of rotatable bonds is 34. The summed E-state index contributed by atoms with van der Waals surface area (Å²) in [5.74, 6) is -11.7. The van der Waals surface area contributed by atoms with Gasteiger partial charge < -0.3 is 99.1 Å². The number of carboxylic acids is 1. The van der Waals surface area contributed by atoms with E-state index in [9.17, 15) is 83.4 Å². The van der Waals surface area contributed by atoms with Gasteiger partial charge in [0.1, 0.15) is 78.0 Å². The number of aromatic hydroxyl groups is 2. The van der Waals surface area contributed by atoms with Crippen molar-refractivity contribution in [1.29, 1.82) is 0 Å². The Kier molecular flexibility index (Phi) is 26.9. The van der Waals surface area contributed by atoms with Crippen molar-refractivity contribution in [3.63, 3.8) is 0 Å². The number of likely N-dealkylation sites (tertiary alicyclic amines) is 1. The van der Waals surface area contributed by atoms with E-state index in [-0.39, 0.29) is 68.9 Å². The second-order valence-corrected chi connectivity index (χ2v) is 23.8. The predicted molar refractivity (Wildman–Crippen MR) is 337 cm³/mol. The second-order valence-electron chi connectivity index (χ2n) is 23.8. The summed E-state index contributed by atoms with van der Waals surface area (Å²) in [6.45, 7) is 5.18. The summed E-state index contributed by atoms with van der Waals surface area (Å²) in [6.07, 6.45) is 3.81. The highest BCUT2D eigenvalue weighted by molar-refractivity contribution is 5.99. The molecule has 508 valence electrons. The number of nitrogens with one attached hydrogen (secondary N) is 11. The lowest BCUT2D eigenvalue weighted by molar-refractivity contribution is -0.143. The Morgan fingerprint density at radius 2 is 1.06 bits per heavy atom. The molecule has 6 rings (SSSR count). The minimum absolute atomic E-state index is 0.0140. The fourth-order valence-electron chi connectivity index (χ4n) is 10.4. The summed E-state index contributed by atoms with van der Waals surface area (Å²) in [7, 11) is 0. The summed E-state index contributed by atoms with van der Waals surface area (Å²) < 4.78 is 0. The zero-order valence-corrected chi connectivity index (χ0v) is 52.6. The lowest BCUT2D eigenvalue weighted by atomic mass is 9.99. The molecule has 0 saturated carbocycles. The van der Waals surface area contributed by atoms with Gasteiger partial charge in [0.25, 0.3) is 0 Å². The van der Waals surface area contributed by atoms with E-state index in [0.717, 1.165) is 22.7 Å². The van der Waals surface area contributed by atoms with Gasteiger partial charge in [-0.05, 0) is 85.0 Å². The third-order valence-corrected chi connectivity index (χ3v) is 15.7. The number of aromatic amines is 2. The van der Waals surface area contributed by atoms with Crippen LogP contribution in [0.25, 0.3) is 10.9 Å². The first-order valence-corrected chi connectivity index (χ1v) is 30.6. The molecule has 1 fully saturated rings. The van der Waals surface area contributed by atoms with Crippen LogP contribution in [-0.4, -0.2) is 208 Å². The smallest absolute Gasteiger partial charge is 0.325 e. The van der Waals surface area contributed by atoms with Crippen LogP contribution in [0.2, 0.25) is 0 Å². The number of nitrogens with two attached hydrogens (primary N) is 1. The fraction of sp³-hybridized carbons (Fsp3) is 0.460. The average molecular weight is 1310 g/mol. The number of carbonyl (C=O) groups excluding carboxylic acids is 10. The van der Waals surface area contributed by atoms with Crippen LogP contribution in [0.15, 0.2) is 91.5 Å². The molecule has 3 aromatic carbocycles. The molecule has 10 amide bonds. The van der Waals surface area contributed by atoms with E-state index in [1.165, 1.54) is 61.1 Å². The van der Waals surface area contributed by atoms with E-state index < -0.39 is 157 Å². The largest absolute Gasteiger partial charge is 0.508 e. The number of aliphatic hydroxyl groups excluding tert-OH is 3. The van der Waals surface area contributed by atoms with Crippen LogP contribution in [0.1, 0.15) is 76.3 Å². The van der Waals surface area contributed by atoms with Crippen molar-refractivity contribution >= 4 is 75.9 Å². The summed E-state index contributed by atoms with van der Waals surface area (Å²) in [5, 5.41) is 83.4. The Bertz CT molecular complexity index is 3440. The number of fused-ring (bicyclic) bond motifs is 1. The molecule has 11 atom stereocenters. The fourth-order valence-corrected chi connectivity index (χ4v) is 10.4. The van der Waals surface area contributed by atoms with Gasteiger partial charge in [0.05, 0.1) is 26.1 Å². The molecule has 0 aliphatic carbocycles. The third kappa shape index (κ3) is 20.8. The summed E-state index contributed by atoms with van der Waals surface area (Å²) in [5.41, 5.74) is 8.36. The number of nitrogens with zero attached hydrogens (tertiary/aromatic N) is 2. The molecule has 1 aliphatic rings. The molecule has 94 heavy (non-hydrogen) atoms. The standard InChI is InChI=1S/C63H84N14O17/c1-32(2)21-44(54(84)71-48(25-38-27-65-31-67-38)57(87)70-45(22-35-12-16-39(81)17-13-35)55(85)74-49(29-79)59(89)68-34(5)63(93)94)72-60(90)51-11-8-20-77(51)62(92)50(30-80)75-56(86)46(23-36-14-18-40(82)19-15-36)73-61(91)52(33(3)4)76-58(88)47(69-53(83)42(64)28-78)24-37-26-66-43-10-7-6-9-41(37)43/h6-7,9-10,12-19,26-27,31-34,42,44-52,66,78-82H,8,11,20-25,28-30,64H2,1-5H3,(H,65,67)(H,68,89)(H,69,83)(H,70,87)(H,71,84)(H,72,90)(H,73,91)(H,74,85)(H,75,86)(H,76,88)(H,93,94)/t34-,42-,44-,45-,46-,47-,48-,49-,50-,51-,52-/m0/s1. The van der Waals surface area contributed by atoms with E-state index in [0.29, 0.717) is 22.4 Å². The van der Waals surface area contributed by atoms with Crippen LogP contribution < -0.4 is 53.6 Å². The van der Waals surface area contributed by atoms with Gasteiger partial charge in [-0.3, -0.25) is 52.7 Å². The molecule has 0 unspecified atom stereocenters. The number of phenols is 2. The Balaban J connectivity index is 1.18. The topological polar surface area (TPSA) is 491 Å². The summed E-state index contributed by atoms with van der Waals surface area (Å²) in [6, 6.07) is 2.35. The van der Waals surface area contributed by atoms with Gasteiger partial charge >= 0.3 is 5.97 Å². The molecule has 0 bridgehead atoms. The number of hydrogen-bond donors (Lipinski definition) is 18. The predicted octanol–water partition coefficient (Wildman–Crippen LogP) is -2.96. The Labute approximate surface area is 540 Å². The van der Waals surface area contributed by atoms with Crippen LogP contribution >= 0.6 is 0 Å². The molecule has 1 aliphatic heterocycles. The lowest BCUT2D eigenvalue weighted by Crippen LogP contribution is -2.62. The molecule has 31 nitrogen and oxygen atoms in total. The molecule has 0 spiro atoms. The van der Waals surface area contributed by atoms with Gasteiger partial charge in [0, 0.05) is 61.2 Å². The van der Waals surface area contributed by atoms with Gasteiger partial charge in [-0.15, -0.1) is 0 Å². The first-order valence-electron chi connectivity index (χ1n) is 30.6. The number of carboxylic acid groups (broad SMARTS) is 1. The number of para-hydroxylation sites is 1. The van der Waals surface area contributed by atoms with E-state index in [1.54, 1.807) is 40.0 Å². The van der Waals surface area contributed by atoms with Gasteiger partial charge in [-0.1, -0.05) is 70.2 Å². The molecule has 1 saturated heterocycles. The highest BCUT2D eigenvalue weighted by Crippen LogP contribution is 2.23. The zero-order chi connectivity index (χ0) is 68.9. The Morgan fingerprint density at radius 3 is 1.60 bits per heavy atom. The van der Waals surface area contributed by atoms with Crippen LogP contribution in [0.4, 0.5) is 0 Å². The molecule has 3 heterocycles. The van der Waals surface area contributed by atoms with Crippen molar-refractivity contribution in [2.45, 2.75) is 146 Å². The molecular weight excluding hydrogens is 1220 g/mol. The maximum atomic E-state index is 14.5. The maximum Gasteiger partial charge on any atom is 0.325 e. The number of phenolic OH excluding ortho intramolecular Hbond substituents is 2. The van der Waals surface area contributed by atoms with E-state index in [2.05, 4.69) is 62.8 Å². The first-order chi connectivity index (χ1) is 44.7. The van der Waals surface area contributed by atoms with Crippen LogP contribution in [0.3, 0.4) is 0 Å². The normalized spacial score (nSPS) is 16.2. The number of imidazole rings is 1. The lowest BCUT2D eigenvalue weighted by Gasteiger charge is -2.31.